The van der Waals surface area contributed by atoms with Gasteiger partial charge in [0, 0.05) is 42.7 Å². The van der Waals surface area contributed by atoms with E-state index in [4.69, 9.17) is 23.7 Å². The Labute approximate surface area is 330 Å². The average Bonchev–Trinajstić information content (AvgIpc) is 3.17. The van der Waals surface area contributed by atoms with Crippen molar-refractivity contribution in [2.75, 3.05) is 0 Å². The predicted molar refractivity (Wildman–Crippen MR) is 194 cm³/mol. The Bertz CT molecular complexity index is 2480. The molecule has 0 amide bonds. The van der Waals surface area contributed by atoms with Gasteiger partial charge in [-0.1, -0.05) is 12.1 Å². The van der Waals surface area contributed by atoms with E-state index in [0.717, 1.165) is 60.7 Å². The molecule has 2 heterocycles. The minimum atomic E-state index is -3.12. The standard InChI is InChI=1S/C40H32O19/c41-21-14-26(46)34-30(15-21)58-40(20-5-7-23(43)25(45)13-20)39(54,36(34)51)56-28-8-2-19(12-29(28)57-40)4-10-33(49)59-38(37(52)53)16-27(47)35(50)31(17-38)55-32(48)9-3-18-1-6-22(42)24(44)11-18/h1-15,27,31,35,41-47,50,54H,16-17H2,(H,52,53)/b9-3+,10-4+/t27-,31-,35+,38-,39?,40?/m1/s1. The van der Waals surface area contributed by atoms with Gasteiger partial charge in [0.1, 0.15) is 35.0 Å². The maximum atomic E-state index is 13.9. The summed E-state index contributed by atoms with van der Waals surface area (Å²) in [5.74, 6) is -15.7. The summed E-state index contributed by atoms with van der Waals surface area (Å²) in [5, 5.41) is 103. The number of carbonyl (C=O) groups is 4. The van der Waals surface area contributed by atoms with Crippen LogP contribution in [-0.2, 0) is 29.6 Å². The number of carboxylic acids is 1. The molecule has 19 nitrogen and oxygen atoms in total. The first-order valence-electron chi connectivity index (χ1n) is 17.3. The minimum Gasteiger partial charge on any atom is -0.508 e. The van der Waals surface area contributed by atoms with Crippen LogP contribution in [0.1, 0.15) is 39.9 Å². The zero-order chi connectivity index (χ0) is 42.6. The summed E-state index contributed by atoms with van der Waals surface area (Å²) in [4.78, 5) is 52.1. The highest BCUT2D eigenvalue weighted by Crippen LogP contribution is 2.55. The maximum absolute atomic E-state index is 13.9. The Kier molecular flexibility index (Phi) is 9.75. The molecular formula is C40H32O19. The van der Waals surface area contributed by atoms with Crippen molar-refractivity contribution < 1.29 is 93.9 Å². The van der Waals surface area contributed by atoms with Crippen LogP contribution < -0.4 is 14.2 Å². The van der Waals surface area contributed by atoms with Crippen molar-refractivity contribution in [1.29, 1.82) is 0 Å². The van der Waals surface area contributed by atoms with Gasteiger partial charge in [-0.2, -0.15) is 0 Å². The van der Waals surface area contributed by atoms with Crippen LogP contribution in [0.3, 0.4) is 0 Å². The molecule has 0 radical (unpaired) electrons. The van der Waals surface area contributed by atoms with E-state index in [1.807, 2.05) is 0 Å². The van der Waals surface area contributed by atoms with Gasteiger partial charge in [0.2, 0.25) is 5.60 Å². The number of benzene rings is 4. The third-order valence-corrected chi connectivity index (χ3v) is 9.76. The second kappa shape index (κ2) is 14.5. The van der Waals surface area contributed by atoms with Crippen LogP contribution in [0, 0.1) is 0 Å². The highest BCUT2D eigenvalue weighted by molar-refractivity contribution is 6.08. The molecule has 3 aliphatic rings. The molecule has 4 aromatic carbocycles. The SMILES string of the molecule is O=C(/C=C/c1ccc(O)c(O)c1)O[C@@H]1C[C@@](OC(=O)/C=C/c2ccc3c(c2)OC2(c4ccc(O)c(O)c4)Oc4cc(O)cc(O)c4C(=O)C2(O)O3)(C(=O)O)C[C@@H](O)[C@@H]1O. The fraction of sp³-hybridized carbons (Fsp3) is 0.200. The Balaban J connectivity index is 1.13. The highest BCUT2D eigenvalue weighted by atomic mass is 16.8. The lowest BCUT2D eigenvalue weighted by Crippen LogP contribution is -2.70. The minimum absolute atomic E-state index is 0.139. The molecule has 1 fully saturated rings. The number of aliphatic hydroxyl groups is 3. The largest absolute Gasteiger partial charge is 0.508 e. The molecule has 19 heteroatoms. The van der Waals surface area contributed by atoms with Crippen molar-refractivity contribution >= 4 is 35.8 Å². The molecule has 59 heavy (non-hydrogen) atoms. The monoisotopic (exact) mass is 816 g/mol. The summed E-state index contributed by atoms with van der Waals surface area (Å²) >= 11 is 0. The number of esters is 2. The number of carbonyl (C=O) groups excluding carboxylic acids is 3. The van der Waals surface area contributed by atoms with Crippen molar-refractivity contribution in [2.24, 2.45) is 0 Å². The number of aromatic hydroxyl groups is 6. The van der Waals surface area contributed by atoms with Crippen molar-refractivity contribution in [1.82, 2.24) is 0 Å². The number of aliphatic hydroxyl groups excluding tert-OH is 2. The number of phenols is 6. The number of ether oxygens (including phenoxy) is 5. The van der Waals surface area contributed by atoms with Gasteiger partial charge in [0.15, 0.2) is 34.5 Å². The van der Waals surface area contributed by atoms with Gasteiger partial charge < -0.3 is 74.7 Å². The fourth-order valence-corrected chi connectivity index (χ4v) is 6.83. The second-order valence-corrected chi connectivity index (χ2v) is 13.7. The number of carboxylic acid groups (broad SMARTS) is 1. The van der Waals surface area contributed by atoms with Crippen molar-refractivity contribution in [3.63, 3.8) is 0 Å². The Hall–Kier alpha value is -7.48. The van der Waals surface area contributed by atoms with E-state index in [-0.39, 0.29) is 28.2 Å². The van der Waals surface area contributed by atoms with Crippen LogP contribution in [0.2, 0.25) is 0 Å². The number of hydrogen-bond donors (Lipinski definition) is 10. The molecular weight excluding hydrogens is 784 g/mol. The Morgan fingerprint density at radius 3 is 1.98 bits per heavy atom. The molecule has 1 aliphatic carbocycles. The molecule has 306 valence electrons. The first-order valence-corrected chi connectivity index (χ1v) is 17.3. The van der Waals surface area contributed by atoms with Crippen molar-refractivity contribution in [3.8, 4) is 51.7 Å². The number of rotatable bonds is 8. The smallest absolute Gasteiger partial charge is 0.357 e. The van der Waals surface area contributed by atoms with Crippen LogP contribution >= 0.6 is 0 Å². The highest BCUT2D eigenvalue weighted by Gasteiger charge is 2.71. The molecule has 2 aliphatic heterocycles. The summed E-state index contributed by atoms with van der Waals surface area (Å²) in [5.41, 5.74) is -2.96. The van der Waals surface area contributed by atoms with E-state index in [1.54, 1.807) is 0 Å². The molecule has 2 unspecified atom stereocenters. The number of Topliss-reactive ketones (excluding diaryl/α,β-unsaturated/α-hetero) is 1. The summed E-state index contributed by atoms with van der Waals surface area (Å²) < 4.78 is 28.4. The van der Waals surface area contributed by atoms with Crippen LogP contribution in [0.15, 0.2) is 78.9 Å². The molecule has 10 N–H and O–H groups in total. The van der Waals surface area contributed by atoms with Gasteiger partial charge in [0.05, 0.1) is 6.10 Å². The molecule has 6 atom stereocenters. The normalized spacial score (nSPS) is 25.7. The van der Waals surface area contributed by atoms with E-state index in [2.05, 4.69) is 0 Å². The zero-order valence-electron chi connectivity index (χ0n) is 30.0. The van der Waals surface area contributed by atoms with Gasteiger partial charge in [-0.25, -0.2) is 14.4 Å². The molecule has 0 saturated heterocycles. The first-order chi connectivity index (χ1) is 27.8. The molecule has 0 aromatic heterocycles. The lowest BCUT2D eigenvalue weighted by atomic mass is 9.79. The van der Waals surface area contributed by atoms with Crippen LogP contribution in [0.4, 0.5) is 0 Å². The van der Waals surface area contributed by atoms with Gasteiger partial charge in [0.25, 0.3) is 5.78 Å². The van der Waals surface area contributed by atoms with Crippen LogP contribution in [0.5, 0.6) is 51.7 Å². The topological polar surface area (TPSA) is 317 Å². The van der Waals surface area contributed by atoms with Gasteiger partial charge >= 0.3 is 29.5 Å². The number of aliphatic carboxylic acids is 1. The van der Waals surface area contributed by atoms with Gasteiger partial charge in [-0.3, -0.25) is 4.79 Å². The quantitative estimate of drug-likeness (QED) is 0.0691. The molecule has 4 aromatic rings. The molecule has 0 spiro atoms. The average molecular weight is 817 g/mol. The van der Waals surface area contributed by atoms with E-state index >= 15 is 0 Å². The van der Waals surface area contributed by atoms with E-state index < -0.39 is 118 Å². The number of hydrogen-bond acceptors (Lipinski definition) is 18. The predicted octanol–water partition coefficient (Wildman–Crippen LogP) is 2.03. The Morgan fingerprint density at radius 2 is 1.31 bits per heavy atom. The number of ketones is 1. The van der Waals surface area contributed by atoms with Crippen LogP contribution in [-0.4, -0.2) is 104 Å². The first kappa shape index (κ1) is 39.7. The lowest BCUT2D eigenvalue weighted by molar-refractivity contribution is -0.316. The van der Waals surface area contributed by atoms with E-state index in [9.17, 15) is 70.2 Å². The van der Waals surface area contributed by atoms with Crippen LogP contribution in [0.25, 0.3) is 12.2 Å². The molecule has 1 saturated carbocycles. The van der Waals surface area contributed by atoms with Gasteiger partial charge in [-0.15, -0.1) is 0 Å². The molecule has 0 bridgehead atoms. The van der Waals surface area contributed by atoms with E-state index in [1.165, 1.54) is 30.3 Å². The Morgan fingerprint density at radius 1 is 0.678 bits per heavy atom. The summed E-state index contributed by atoms with van der Waals surface area (Å²) in [6.07, 6.45) is -2.84. The fourth-order valence-electron chi connectivity index (χ4n) is 6.83. The van der Waals surface area contributed by atoms with Crippen molar-refractivity contribution in [2.45, 2.75) is 48.3 Å². The second-order valence-electron chi connectivity index (χ2n) is 13.7. The molecule has 7 rings (SSSR count). The summed E-state index contributed by atoms with van der Waals surface area (Å²) in [6, 6.07) is 12.2. The zero-order valence-corrected chi connectivity index (χ0v) is 30.0. The number of fused-ring (bicyclic) bond motifs is 3. The summed E-state index contributed by atoms with van der Waals surface area (Å²) in [6.45, 7) is 0. The van der Waals surface area contributed by atoms with Crippen molar-refractivity contribution in [3.05, 3.63) is 101 Å². The third-order valence-electron chi connectivity index (χ3n) is 9.76. The van der Waals surface area contributed by atoms with Gasteiger partial charge in [-0.05, 0) is 65.7 Å². The summed E-state index contributed by atoms with van der Waals surface area (Å²) in [7, 11) is 0. The van der Waals surface area contributed by atoms with E-state index in [0.29, 0.717) is 0 Å². The third kappa shape index (κ3) is 6.98. The lowest BCUT2D eigenvalue weighted by Gasteiger charge is -2.50. The maximum Gasteiger partial charge on any atom is 0.357 e. The number of phenolic OH excluding ortho intramolecular Hbond substituents is 6.